The molecule has 14 nitrogen and oxygen atoms in total. The number of alkyl carbamates (subject to hydrolysis) is 1. The number of nitrogens with one attached hydrogen (secondary N) is 2. The van der Waals surface area contributed by atoms with Crippen LogP contribution < -0.4 is 5.32 Å². The number of esters is 1. The van der Waals surface area contributed by atoms with Crippen LogP contribution in [0.1, 0.15) is 120 Å². The molecule has 2 aromatic carbocycles. The Morgan fingerprint density at radius 3 is 2.21 bits per heavy atom. The second-order valence-corrected chi connectivity index (χ2v) is 18.3. The van der Waals surface area contributed by atoms with Gasteiger partial charge in [0.05, 0.1) is 67.6 Å². The molecular weight excluding hydrogens is 799 g/mol. The number of carbonyl (C=O) groups is 4. The van der Waals surface area contributed by atoms with Crippen molar-refractivity contribution < 1.29 is 33.4 Å². The van der Waals surface area contributed by atoms with Crippen LogP contribution in [0.15, 0.2) is 59.9 Å². The van der Waals surface area contributed by atoms with Crippen molar-refractivity contribution in [3.8, 4) is 22.4 Å². The number of hydrogen-bond donors (Lipinski definition) is 2. The van der Waals surface area contributed by atoms with Crippen LogP contribution in [-0.4, -0.2) is 93.7 Å². The Bertz CT molecular complexity index is 2510. The summed E-state index contributed by atoms with van der Waals surface area (Å²) in [7, 11) is 2.66. The molecule has 0 radical (unpaired) electrons. The highest BCUT2D eigenvalue weighted by molar-refractivity contribution is 6.03. The summed E-state index contributed by atoms with van der Waals surface area (Å²) >= 11 is 0. The second kappa shape index (κ2) is 17.3. The van der Waals surface area contributed by atoms with Crippen LogP contribution in [-0.2, 0) is 28.6 Å². The maximum Gasteiger partial charge on any atom is 0.407 e. The fourth-order valence-corrected chi connectivity index (χ4v) is 10.4. The highest BCUT2D eigenvalue weighted by Crippen LogP contribution is 2.56. The smallest absolute Gasteiger partial charge is 0.407 e. The van der Waals surface area contributed by atoms with Gasteiger partial charge in [-0.3, -0.25) is 24.4 Å². The molecule has 9 rings (SSSR count). The summed E-state index contributed by atoms with van der Waals surface area (Å²) in [5.41, 5.74) is 11.4. The van der Waals surface area contributed by atoms with Crippen molar-refractivity contribution in [1.29, 1.82) is 0 Å². The van der Waals surface area contributed by atoms with E-state index in [-0.39, 0.29) is 60.3 Å². The number of fused-ring (bicyclic) bond motifs is 6. The van der Waals surface area contributed by atoms with E-state index in [0.717, 1.165) is 94.6 Å². The van der Waals surface area contributed by atoms with E-state index in [2.05, 4.69) is 46.7 Å². The lowest BCUT2D eigenvalue weighted by atomic mass is 9.82. The number of H-pyrrole nitrogens is 1. The third-order valence-electron chi connectivity index (χ3n) is 13.8. The van der Waals surface area contributed by atoms with Crippen LogP contribution in [0.25, 0.3) is 39.0 Å². The topological polar surface area (TPSA) is 168 Å². The van der Waals surface area contributed by atoms with Crippen LogP contribution in [0.2, 0.25) is 0 Å². The summed E-state index contributed by atoms with van der Waals surface area (Å²) in [6, 6.07) is 13.9. The molecule has 4 aromatic rings. The third kappa shape index (κ3) is 7.91. The van der Waals surface area contributed by atoms with E-state index < -0.39 is 18.1 Å². The molecule has 5 aliphatic heterocycles. The van der Waals surface area contributed by atoms with Gasteiger partial charge in [-0.05, 0) is 102 Å². The monoisotopic (exact) mass is 855 g/mol. The highest BCUT2D eigenvalue weighted by atomic mass is 16.5. The van der Waals surface area contributed by atoms with Crippen LogP contribution in [0.5, 0.6) is 0 Å². The Morgan fingerprint density at radius 1 is 0.825 bits per heavy atom. The zero-order valence-corrected chi connectivity index (χ0v) is 37.0. The first-order valence-corrected chi connectivity index (χ1v) is 22.5. The number of allylic oxidation sites excluding steroid dienone is 1. The first-order valence-electron chi connectivity index (χ1n) is 22.5. The van der Waals surface area contributed by atoms with Gasteiger partial charge in [-0.15, -0.1) is 0 Å². The molecule has 3 amide bonds. The number of pyridine rings is 1. The Balaban J connectivity index is 0.923. The minimum Gasteiger partial charge on any atom is -0.469 e. The molecule has 2 N–H and O–H groups in total. The molecule has 0 saturated carbocycles. The summed E-state index contributed by atoms with van der Waals surface area (Å²) in [5, 5.41) is 2.73. The molecule has 6 atom stereocenters. The molecule has 2 unspecified atom stereocenters. The number of rotatable bonds is 12. The largest absolute Gasteiger partial charge is 0.469 e. The molecule has 2 aromatic heterocycles. The molecule has 14 heteroatoms. The number of benzene rings is 2. The molecule has 330 valence electrons. The molecule has 3 saturated heterocycles. The lowest BCUT2D eigenvalue weighted by Crippen LogP contribution is -2.51. The van der Waals surface area contributed by atoms with E-state index in [0.29, 0.717) is 19.5 Å². The normalized spacial score (nSPS) is 22.4. The summed E-state index contributed by atoms with van der Waals surface area (Å²) in [6.07, 6.45) is 9.27. The van der Waals surface area contributed by atoms with Gasteiger partial charge in [-0.1, -0.05) is 52.0 Å². The van der Waals surface area contributed by atoms with E-state index in [1.54, 1.807) is 0 Å². The predicted octanol–water partition coefficient (Wildman–Crippen LogP) is 8.25. The Kier molecular flexibility index (Phi) is 11.7. The van der Waals surface area contributed by atoms with Gasteiger partial charge in [0.25, 0.3) is 0 Å². The van der Waals surface area contributed by atoms with E-state index in [9.17, 15) is 19.2 Å². The van der Waals surface area contributed by atoms with Crippen molar-refractivity contribution >= 4 is 46.2 Å². The minimum atomic E-state index is -0.698. The van der Waals surface area contributed by atoms with Gasteiger partial charge in [-0.25, -0.2) is 9.78 Å². The lowest BCUT2D eigenvalue weighted by molar-refractivity contribution is -0.148. The number of carbonyl (C=O) groups excluding carboxylic acids is 4. The van der Waals surface area contributed by atoms with Gasteiger partial charge in [0.2, 0.25) is 11.8 Å². The van der Waals surface area contributed by atoms with Crippen molar-refractivity contribution in [1.82, 2.24) is 30.1 Å². The number of aromatic amines is 1. The molecule has 3 fully saturated rings. The van der Waals surface area contributed by atoms with Crippen molar-refractivity contribution in [3.05, 3.63) is 77.4 Å². The maximum absolute atomic E-state index is 13.8. The number of likely N-dealkylation sites (tertiary alicyclic amines) is 2. The Hall–Kier alpha value is -5.89. The maximum atomic E-state index is 13.8. The SMILES string of the molecule is COC(=O)C[C@H](C(=O)N1CCC[C@H]1C1=NC=C(c2ccc(-c3ccc(-c4ccc5nc([C@@H]6CCCN6C(=O)[C@@H](NC(=O)OC)C(C)C)[nH]c5c4)c4c3C3CCC4O3)nc2)C1)C(C)C. The van der Waals surface area contributed by atoms with Crippen molar-refractivity contribution in [2.75, 3.05) is 27.3 Å². The lowest BCUT2D eigenvalue weighted by Gasteiger charge is -2.30. The minimum absolute atomic E-state index is 0.00107. The number of aliphatic imine (C=N–C) groups is 1. The fourth-order valence-electron chi connectivity index (χ4n) is 10.4. The summed E-state index contributed by atoms with van der Waals surface area (Å²) in [6.45, 7) is 9.04. The van der Waals surface area contributed by atoms with E-state index in [1.807, 2.05) is 56.0 Å². The number of hydrogen-bond acceptors (Lipinski definition) is 10. The first kappa shape index (κ1) is 42.4. The first-order chi connectivity index (χ1) is 30.4. The predicted molar refractivity (Wildman–Crippen MR) is 238 cm³/mol. The number of aromatic nitrogens is 3. The van der Waals surface area contributed by atoms with Crippen molar-refractivity contribution in [2.24, 2.45) is 22.7 Å². The van der Waals surface area contributed by atoms with Crippen LogP contribution in [0.4, 0.5) is 4.79 Å². The third-order valence-corrected chi connectivity index (χ3v) is 13.8. The highest BCUT2D eigenvalue weighted by Gasteiger charge is 2.43. The number of amides is 3. The van der Waals surface area contributed by atoms with E-state index in [1.165, 1.54) is 25.3 Å². The Morgan fingerprint density at radius 2 is 1.52 bits per heavy atom. The fraction of sp³-hybridized carbons (Fsp3) is 0.490. The standard InChI is InChI=1S/C49H57N7O7/c1-26(2)33(23-42(57)61-5)47(58)55-19-7-9-38(55)37-22-30(25-51-37)29-12-15-34(50-24-29)32-14-13-31(43-40-17-18-41(63-40)44(32)43)28-11-16-35-36(21-28)53-46(52-35)39-10-8-20-56(39)48(59)45(27(3)4)54-49(60)62-6/h11-16,21,24-27,33,38-41,45H,7-10,17-20,22-23H2,1-6H3,(H,52,53)(H,54,60)/t33-,38-,39-,40?,41?,45-/m0/s1. The molecule has 63 heavy (non-hydrogen) atoms. The number of nitrogens with zero attached hydrogens (tertiary/aromatic N) is 5. The second-order valence-electron chi connectivity index (χ2n) is 18.3. The summed E-state index contributed by atoms with van der Waals surface area (Å²) in [4.78, 5) is 73.9. The number of imidazole rings is 1. The van der Waals surface area contributed by atoms with Crippen LogP contribution in [0, 0.1) is 17.8 Å². The van der Waals surface area contributed by atoms with Crippen LogP contribution in [0.3, 0.4) is 0 Å². The van der Waals surface area contributed by atoms with Gasteiger partial charge < -0.3 is 34.3 Å². The number of ether oxygens (including phenoxy) is 3. The van der Waals surface area contributed by atoms with Crippen molar-refractivity contribution in [2.45, 2.75) is 109 Å². The zero-order chi connectivity index (χ0) is 44.1. The molecule has 2 bridgehead atoms. The Labute approximate surface area is 367 Å². The molecular formula is C49H57N7O7. The quantitative estimate of drug-likeness (QED) is 0.133. The van der Waals surface area contributed by atoms with E-state index >= 15 is 0 Å². The molecule has 0 aliphatic carbocycles. The summed E-state index contributed by atoms with van der Waals surface area (Å²) in [5.74, 6) is -0.285. The average Bonchev–Trinajstić information content (AvgIpc) is 4.16. The van der Waals surface area contributed by atoms with Gasteiger partial charge in [0.15, 0.2) is 0 Å². The van der Waals surface area contributed by atoms with Gasteiger partial charge >= 0.3 is 12.1 Å². The zero-order valence-electron chi connectivity index (χ0n) is 37.0. The van der Waals surface area contributed by atoms with Crippen molar-refractivity contribution in [3.63, 3.8) is 0 Å². The van der Waals surface area contributed by atoms with Gasteiger partial charge in [0.1, 0.15) is 11.9 Å². The molecule has 7 heterocycles. The van der Waals surface area contributed by atoms with Crippen LogP contribution >= 0.6 is 0 Å². The average molecular weight is 856 g/mol. The summed E-state index contributed by atoms with van der Waals surface area (Å²) < 4.78 is 16.3. The molecule has 0 spiro atoms. The molecule has 5 aliphatic rings. The van der Waals surface area contributed by atoms with E-state index in [4.69, 9.17) is 29.2 Å². The number of methoxy groups -OCH3 is 2. The van der Waals surface area contributed by atoms with Gasteiger partial charge in [-0.2, -0.15) is 0 Å². The van der Waals surface area contributed by atoms with Gasteiger partial charge in [0, 0.05) is 43.2 Å².